The molecule has 39 heavy (non-hydrogen) atoms. The van der Waals surface area contributed by atoms with E-state index in [1.54, 1.807) is 11.9 Å². The summed E-state index contributed by atoms with van der Waals surface area (Å²) in [7, 11) is 5.34. The number of hydrogen-bond donors (Lipinski definition) is 1. The van der Waals surface area contributed by atoms with Gasteiger partial charge in [-0.25, -0.2) is 4.79 Å². The lowest BCUT2D eigenvalue weighted by atomic mass is 9.84. The molecule has 2 rings (SSSR count). The number of rotatable bonds is 12. The van der Waals surface area contributed by atoms with Gasteiger partial charge in [0.25, 0.3) is 0 Å². The molecule has 2 saturated heterocycles. The van der Waals surface area contributed by atoms with Gasteiger partial charge in [0.2, 0.25) is 17.7 Å². The van der Waals surface area contributed by atoms with Crippen LogP contribution in [0, 0.1) is 23.7 Å². The van der Waals surface area contributed by atoms with Crippen molar-refractivity contribution in [2.75, 3.05) is 34.2 Å². The number of Topliss-reactive ketones (excluding diaryl/α,β-unsaturated/α-hetero) is 1. The maximum Gasteiger partial charge on any atom is 0.326 e. The van der Waals surface area contributed by atoms with Crippen LogP contribution in [0.5, 0.6) is 0 Å². The highest BCUT2D eigenvalue weighted by Gasteiger charge is 2.45. The number of hydrogen-bond acceptors (Lipinski definition) is 6. The Morgan fingerprint density at radius 1 is 0.769 bits per heavy atom. The van der Waals surface area contributed by atoms with Crippen LogP contribution in [0.4, 0.5) is 0 Å². The SMILES string of the molecule is CC(C)C(CC(=O)C(C(C)C)N(C)C)C(=O)N(C)C(C(=O)N1CCCC1C(=O)N1CCCC1C(=O)O)C(C)C. The van der Waals surface area contributed by atoms with Gasteiger partial charge in [-0.1, -0.05) is 41.5 Å². The summed E-state index contributed by atoms with van der Waals surface area (Å²) in [4.78, 5) is 72.4. The van der Waals surface area contributed by atoms with E-state index in [0.717, 1.165) is 0 Å². The zero-order valence-electron chi connectivity index (χ0n) is 25.3. The third-order valence-corrected chi connectivity index (χ3v) is 8.35. The summed E-state index contributed by atoms with van der Waals surface area (Å²) in [5.74, 6) is -2.70. The Kier molecular flexibility index (Phi) is 11.5. The van der Waals surface area contributed by atoms with E-state index in [2.05, 4.69) is 0 Å². The van der Waals surface area contributed by atoms with Crippen molar-refractivity contribution in [1.82, 2.24) is 19.6 Å². The number of likely N-dealkylation sites (N-methyl/N-ethyl adjacent to an activating group) is 2. The van der Waals surface area contributed by atoms with Crippen molar-refractivity contribution in [3.8, 4) is 0 Å². The highest BCUT2D eigenvalue weighted by molar-refractivity contribution is 5.95. The van der Waals surface area contributed by atoms with Crippen molar-refractivity contribution in [2.24, 2.45) is 23.7 Å². The Balaban J connectivity index is 2.27. The minimum absolute atomic E-state index is 0.00618. The second-order valence-corrected chi connectivity index (χ2v) is 12.5. The lowest BCUT2D eigenvalue weighted by Crippen LogP contribution is -2.57. The van der Waals surface area contributed by atoms with Gasteiger partial charge >= 0.3 is 5.97 Å². The van der Waals surface area contributed by atoms with Crippen LogP contribution in [0.3, 0.4) is 0 Å². The number of carboxylic acids is 1. The summed E-state index contributed by atoms with van der Waals surface area (Å²) in [6.45, 7) is 12.3. The summed E-state index contributed by atoms with van der Waals surface area (Å²) in [5.41, 5.74) is 0. The number of carbonyl (C=O) groups excluding carboxylic acids is 4. The Hall–Kier alpha value is -2.49. The van der Waals surface area contributed by atoms with Crippen molar-refractivity contribution in [3.05, 3.63) is 0 Å². The van der Waals surface area contributed by atoms with E-state index in [-0.39, 0.29) is 53.7 Å². The molecule has 222 valence electrons. The van der Waals surface area contributed by atoms with E-state index < -0.39 is 30.0 Å². The summed E-state index contributed by atoms with van der Waals surface area (Å²) < 4.78 is 0. The minimum atomic E-state index is -1.02. The van der Waals surface area contributed by atoms with E-state index in [1.807, 2.05) is 60.5 Å². The van der Waals surface area contributed by atoms with E-state index in [0.29, 0.717) is 38.8 Å². The number of nitrogens with zero attached hydrogens (tertiary/aromatic N) is 4. The normalized spacial score (nSPS) is 22.1. The fourth-order valence-corrected chi connectivity index (χ4v) is 6.43. The number of likely N-dealkylation sites (tertiary alicyclic amines) is 2. The van der Waals surface area contributed by atoms with Gasteiger partial charge in [0.05, 0.1) is 6.04 Å². The molecular weight excluding hydrogens is 500 g/mol. The van der Waals surface area contributed by atoms with Gasteiger partial charge < -0.3 is 19.8 Å². The zero-order valence-corrected chi connectivity index (χ0v) is 25.3. The summed E-state index contributed by atoms with van der Waals surface area (Å²) in [6.07, 6.45) is 2.24. The molecular formula is C29H50N4O6. The standard InChI is InChI=1S/C29H50N4O6/c1-17(2)20(16-23(34)24(18(3)4)30(7)8)26(35)31(9)25(19(5)6)28(37)32-14-10-12-21(32)27(36)33-15-11-13-22(33)29(38)39/h17-22,24-25H,10-16H2,1-9H3,(H,38,39). The molecule has 0 saturated carbocycles. The molecule has 5 unspecified atom stereocenters. The van der Waals surface area contributed by atoms with Gasteiger partial charge in [0, 0.05) is 32.5 Å². The van der Waals surface area contributed by atoms with Crippen LogP contribution in [0.25, 0.3) is 0 Å². The molecule has 10 heteroatoms. The van der Waals surface area contributed by atoms with Crippen molar-refractivity contribution < 1.29 is 29.1 Å². The van der Waals surface area contributed by atoms with Crippen molar-refractivity contribution in [2.45, 2.75) is 97.8 Å². The fourth-order valence-electron chi connectivity index (χ4n) is 6.43. The first-order valence-corrected chi connectivity index (χ1v) is 14.4. The van der Waals surface area contributed by atoms with E-state index in [4.69, 9.17) is 0 Å². The number of carboxylic acid groups (broad SMARTS) is 1. The summed E-state index contributed by atoms with van der Waals surface area (Å²) >= 11 is 0. The molecule has 0 aromatic carbocycles. The van der Waals surface area contributed by atoms with Crippen LogP contribution in [0.2, 0.25) is 0 Å². The van der Waals surface area contributed by atoms with Crippen molar-refractivity contribution >= 4 is 29.5 Å². The van der Waals surface area contributed by atoms with Crippen LogP contribution < -0.4 is 0 Å². The van der Waals surface area contributed by atoms with Gasteiger partial charge in [-0.15, -0.1) is 0 Å². The largest absolute Gasteiger partial charge is 0.480 e. The lowest BCUT2D eigenvalue weighted by Gasteiger charge is -2.38. The number of amides is 3. The highest BCUT2D eigenvalue weighted by Crippen LogP contribution is 2.29. The number of ketones is 1. The molecule has 2 aliphatic rings. The number of aliphatic carboxylic acids is 1. The van der Waals surface area contributed by atoms with Gasteiger partial charge in [0.1, 0.15) is 18.1 Å². The molecule has 1 N–H and O–H groups in total. The Morgan fingerprint density at radius 2 is 1.28 bits per heavy atom. The quantitative estimate of drug-likeness (QED) is 0.396. The zero-order chi connectivity index (χ0) is 29.8. The van der Waals surface area contributed by atoms with Gasteiger partial charge in [-0.2, -0.15) is 0 Å². The highest BCUT2D eigenvalue weighted by atomic mass is 16.4. The molecule has 3 amide bonds. The average molecular weight is 551 g/mol. The van der Waals surface area contributed by atoms with Crippen LogP contribution >= 0.6 is 0 Å². The summed E-state index contributed by atoms with van der Waals surface area (Å²) in [5, 5.41) is 9.55. The Labute approximate surface area is 234 Å². The molecule has 0 aromatic heterocycles. The maximum absolute atomic E-state index is 14.0. The number of carbonyl (C=O) groups is 5. The lowest BCUT2D eigenvalue weighted by molar-refractivity contribution is -0.155. The molecule has 0 bridgehead atoms. The molecule has 10 nitrogen and oxygen atoms in total. The van der Waals surface area contributed by atoms with Crippen LogP contribution in [-0.4, -0.2) is 113 Å². The molecule has 0 spiro atoms. The monoisotopic (exact) mass is 550 g/mol. The molecule has 0 aromatic rings. The second-order valence-electron chi connectivity index (χ2n) is 12.5. The van der Waals surface area contributed by atoms with E-state index >= 15 is 0 Å². The van der Waals surface area contributed by atoms with E-state index in [9.17, 15) is 29.1 Å². The van der Waals surface area contributed by atoms with Crippen LogP contribution in [-0.2, 0) is 24.0 Å². The molecule has 5 atom stereocenters. The first-order valence-electron chi connectivity index (χ1n) is 14.4. The van der Waals surface area contributed by atoms with Crippen LogP contribution in [0.15, 0.2) is 0 Å². The molecule has 2 aliphatic heterocycles. The summed E-state index contributed by atoms with van der Waals surface area (Å²) in [6, 6.07) is -2.69. The van der Waals surface area contributed by atoms with Gasteiger partial charge in [0.15, 0.2) is 5.78 Å². The Bertz CT molecular complexity index is 909. The third-order valence-electron chi connectivity index (χ3n) is 8.35. The average Bonchev–Trinajstić information content (AvgIpc) is 3.50. The fraction of sp³-hybridized carbons (Fsp3) is 0.828. The van der Waals surface area contributed by atoms with Crippen molar-refractivity contribution in [3.63, 3.8) is 0 Å². The van der Waals surface area contributed by atoms with E-state index in [1.165, 1.54) is 9.80 Å². The van der Waals surface area contributed by atoms with Gasteiger partial charge in [-0.3, -0.25) is 24.1 Å². The third kappa shape index (κ3) is 7.38. The van der Waals surface area contributed by atoms with Gasteiger partial charge in [-0.05, 0) is 57.5 Å². The topological polar surface area (TPSA) is 119 Å². The Morgan fingerprint density at radius 3 is 1.74 bits per heavy atom. The van der Waals surface area contributed by atoms with Crippen LogP contribution in [0.1, 0.15) is 73.6 Å². The minimum Gasteiger partial charge on any atom is -0.480 e. The second kappa shape index (κ2) is 13.7. The molecule has 2 fully saturated rings. The molecule has 0 radical (unpaired) electrons. The predicted octanol–water partition coefficient (Wildman–Crippen LogP) is 2.35. The van der Waals surface area contributed by atoms with Crippen molar-refractivity contribution in [1.29, 1.82) is 0 Å². The first-order chi connectivity index (χ1) is 18.1. The molecule has 2 heterocycles. The smallest absolute Gasteiger partial charge is 0.326 e. The molecule has 0 aliphatic carbocycles. The first kappa shape index (κ1) is 32.7. The maximum atomic E-state index is 14.0. The predicted molar refractivity (Wildman–Crippen MR) is 149 cm³/mol.